The summed E-state index contributed by atoms with van der Waals surface area (Å²) in [5.41, 5.74) is 0. The molecule has 7 heteroatoms. The van der Waals surface area contributed by atoms with Crippen molar-refractivity contribution < 1.29 is 0 Å². The molecule has 2 aromatic heterocycles. The Morgan fingerprint density at radius 2 is 2.11 bits per heavy atom. The van der Waals surface area contributed by atoms with Crippen molar-refractivity contribution in [3.63, 3.8) is 0 Å². The van der Waals surface area contributed by atoms with Crippen LogP contribution in [0.3, 0.4) is 0 Å². The van der Waals surface area contributed by atoms with Crippen LogP contribution in [0.15, 0.2) is 17.0 Å². The van der Waals surface area contributed by atoms with Crippen LogP contribution in [-0.4, -0.2) is 31.3 Å². The van der Waals surface area contributed by atoms with Gasteiger partial charge in [-0.15, -0.1) is 10.2 Å². The molecule has 3 heterocycles. The summed E-state index contributed by atoms with van der Waals surface area (Å²) in [6, 6.07) is 1.96. The zero-order chi connectivity index (χ0) is 13.4. The second kappa shape index (κ2) is 4.88. The average molecular weight is 323 g/mol. The molecule has 0 aliphatic carbocycles. The van der Waals surface area contributed by atoms with Gasteiger partial charge in [-0.1, -0.05) is 13.8 Å². The maximum absolute atomic E-state index is 4.64. The molecule has 0 N–H and O–H groups in total. The first-order chi connectivity index (χ1) is 9.13. The zero-order valence-corrected chi connectivity index (χ0v) is 12.5. The van der Waals surface area contributed by atoms with Gasteiger partial charge >= 0.3 is 0 Å². The van der Waals surface area contributed by atoms with E-state index in [0.717, 1.165) is 41.7 Å². The molecule has 1 aliphatic rings. The second-order valence-corrected chi connectivity index (χ2v) is 5.74. The molecule has 0 aromatic carbocycles. The summed E-state index contributed by atoms with van der Waals surface area (Å²) in [5, 5.41) is 8.07. The summed E-state index contributed by atoms with van der Waals surface area (Å²) in [7, 11) is 0. The fourth-order valence-electron chi connectivity index (χ4n) is 2.10. The van der Waals surface area contributed by atoms with Gasteiger partial charge in [0, 0.05) is 25.1 Å². The number of hydrogen-bond donors (Lipinski definition) is 0. The number of nitrogens with zero attached hydrogens (tertiary/aromatic N) is 6. The number of halogens is 1. The minimum atomic E-state index is 0.310. The fraction of sp³-hybridized carbons (Fsp3) is 0.500. The molecule has 2 aromatic rings. The largest absolute Gasteiger partial charge is 0.347 e. The van der Waals surface area contributed by atoms with E-state index >= 15 is 0 Å². The minimum absolute atomic E-state index is 0.310. The van der Waals surface area contributed by atoms with Gasteiger partial charge in [0.25, 0.3) is 0 Å². The number of hydrogen-bond acceptors (Lipinski definition) is 5. The summed E-state index contributed by atoms with van der Waals surface area (Å²) in [5.74, 6) is 3.09. The highest BCUT2D eigenvalue weighted by atomic mass is 79.9. The summed E-state index contributed by atoms with van der Waals surface area (Å²) >= 11 is 3.46. The van der Waals surface area contributed by atoms with E-state index in [1.165, 1.54) is 0 Å². The first-order valence-electron chi connectivity index (χ1n) is 6.29. The Morgan fingerprint density at radius 1 is 1.26 bits per heavy atom. The van der Waals surface area contributed by atoms with Crippen molar-refractivity contribution in [2.24, 2.45) is 0 Å². The molecule has 0 saturated carbocycles. The highest BCUT2D eigenvalue weighted by Crippen LogP contribution is 2.23. The molecule has 3 rings (SSSR count). The third-order valence-electron chi connectivity index (χ3n) is 3.18. The Morgan fingerprint density at radius 3 is 2.89 bits per heavy atom. The van der Waals surface area contributed by atoms with Crippen molar-refractivity contribution in [3.8, 4) is 0 Å². The summed E-state index contributed by atoms with van der Waals surface area (Å²) in [4.78, 5) is 11.3. The fourth-order valence-corrected chi connectivity index (χ4v) is 2.49. The highest BCUT2D eigenvalue weighted by Gasteiger charge is 2.20. The lowest BCUT2D eigenvalue weighted by atomic mass is 10.2. The number of fused-ring (bicyclic) bond motifs is 1. The molecule has 0 fully saturated rings. The summed E-state index contributed by atoms with van der Waals surface area (Å²) < 4.78 is 2.91. The molecule has 0 spiro atoms. The lowest BCUT2D eigenvalue weighted by Crippen LogP contribution is -2.34. The van der Waals surface area contributed by atoms with E-state index in [4.69, 9.17) is 0 Å². The third kappa shape index (κ3) is 2.47. The van der Waals surface area contributed by atoms with Crippen molar-refractivity contribution in [2.75, 3.05) is 11.4 Å². The Labute approximate surface area is 120 Å². The molecular formula is C12H15BrN6. The molecule has 0 unspecified atom stereocenters. The molecule has 0 radical (unpaired) electrons. The predicted octanol–water partition coefficient (Wildman–Crippen LogP) is 1.97. The van der Waals surface area contributed by atoms with Gasteiger partial charge in [0.1, 0.15) is 22.6 Å². The molecule has 0 atom stereocenters. The van der Waals surface area contributed by atoms with Crippen LogP contribution in [0.25, 0.3) is 0 Å². The lowest BCUT2D eigenvalue weighted by Gasteiger charge is -2.28. The Kier molecular flexibility index (Phi) is 3.22. The maximum Gasteiger partial charge on any atom is 0.152 e. The molecular weight excluding hydrogens is 308 g/mol. The Hall–Kier alpha value is -1.50. The van der Waals surface area contributed by atoms with Crippen LogP contribution in [0.5, 0.6) is 0 Å². The molecule has 1 aliphatic heterocycles. The third-order valence-corrected chi connectivity index (χ3v) is 3.58. The number of aromatic nitrogens is 5. The van der Waals surface area contributed by atoms with Crippen molar-refractivity contribution in [2.45, 2.75) is 32.9 Å². The predicted molar refractivity (Wildman–Crippen MR) is 74.9 cm³/mol. The topological polar surface area (TPSA) is 59.7 Å². The van der Waals surface area contributed by atoms with Crippen LogP contribution in [0.4, 0.5) is 5.82 Å². The molecule has 0 bridgehead atoms. The van der Waals surface area contributed by atoms with Crippen LogP contribution >= 0.6 is 15.9 Å². The van der Waals surface area contributed by atoms with Gasteiger partial charge in [0.15, 0.2) is 5.82 Å². The molecule has 100 valence electrons. The normalized spacial score (nSPS) is 14.8. The van der Waals surface area contributed by atoms with E-state index in [-0.39, 0.29) is 0 Å². The molecule has 0 saturated heterocycles. The first kappa shape index (κ1) is 12.5. The van der Waals surface area contributed by atoms with E-state index in [2.05, 4.69) is 59.4 Å². The SMILES string of the molecule is CC(C)c1nc(Br)cc(N2CCn3cnnc3C2)n1. The molecule has 0 amide bonds. The monoisotopic (exact) mass is 322 g/mol. The van der Waals surface area contributed by atoms with E-state index in [1.54, 1.807) is 6.33 Å². The van der Waals surface area contributed by atoms with Gasteiger partial charge in [0.2, 0.25) is 0 Å². The average Bonchev–Trinajstić information content (AvgIpc) is 2.85. The van der Waals surface area contributed by atoms with E-state index in [9.17, 15) is 0 Å². The number of rotatable bonds is 2. The first-order valence-corrected chi connectivity index (χ1v) is 7.09. The van der Waals surface area contributed by atoms with E-state index in [0.29, 0.717) is 5.92 Å². The lowest BCUT2D eigenvalue weighted by molar-refractivity contribution is 0.554. The van der Waals surface area contributed by atoms with Crippen molar-refractivity contribution >= 4 is 21.7 Å². The van der Waals surface area contributed by atoms with Crippen molar-refractivity contribution in [3.05, 3.63) is 28.6 Å². The van der Waals surface area contributed by atoms with Crippen molar-refractivity contribution in [1.82, 2.24) is 24.7 Å². The quantitative estimate of drug-likeness (QED) is 0.791. The van der Waals surface area contributed by atoms with Gasteiger partial charge in [-0.3, -0.25) is 0 Å². The van der Waals surface area contributed by atoms with Crippen LogP contribution < -0.4 is 4.90 Å². The smallest absolute Gasteiger partial charge is 0.152 e. The van der Waals surface area contributed by atoms with Crippen LogP contribution in [-0.2, 0) is 13.1 Å². The van der Waals surface area contributed by atoms with Gasteiger partial charge < -0.3 is 9.47 Å². The van der Waals surface area contributed by atoms with Crippen LogP contribution in [0.2, 0.25) is 0 Å². The van der Waals surface area contributed by atoms with Gasteiger partial charge in [0.05, 0.1) is 6.54 Å². The van der Waals surface area contributed by atoms with Crippen LogP contribution in [0.1, 0.15) is 31.4 Å². The molecule has 6 nitrogen and oxygen atoms in total. The van der Waals surface area contributed by atoms with Gasteiger partial charge in [-0.25, -0.2) is 9.97 Å². The molecule has 19 heavy (non-hydrogen) atoms. The summed E-state index contributed by atoms with van der Waals surface area (Å²) in [6.07, 6.45) is 1.78. The Bertz CT molecular complexity index is 594. The minimum Gasteiger partial charge on any atom is -0.347 e. The standard InChI is InChI=1S/C12H15BrN6/c1-8(2)12-15-9(13)5-10(16-12)18-3-4-19-7-14-17-11(19)6-18/h5,7-8H,3-4,6H2,1-2H3. The van der Waals surface area contributed by atoms with E-state index < -0.39 is 0 Å². The Balaban J connectivity index is 1.91. The second-order valence-electron chi connectivity index (χ2n) is 4.92. The zero-order valence-electron chi connectivity index (χ0n) is 10.9. The van der Waals surface area contributed by atoms with Gasteiger partial charge in [-0.05, 0) is 15.9 Å². The van der Waals surface area contributed by atoms with E-state index in [1.807, 2.05) is 6.07 Å². The summed E-state index contributed by atoms with van der Waals surface area (Å²) in [6.45, 7) is 6.73. The highest BCUT2D eigenvalue weighted by molar-refractivity contribution is 9.10. The number of anilines is 1. The van der Waals surface area contributed by atoms with Gasteiger partial charge in [-0.2, -0.15) is 0 Å². The maximum atomic E-state index is 4.64. The van der Waals surface area contributed by atoms with Crippen LogP contribution in [0, 0.1) is 0 Å². The van der Waals surface area contributed by atoms with Crippen molar-refractivity contribution in [1.29, 1.82) is 0 Å².